The van der Waals surface area contributed by atoms with Crippen molar-refractivity contribution in [2.24, 2.45) is 4.99 Å². The van der Waals surface area contributed by atoms with Crippen molar-refractivity contribution in [2.75, 3.05) is 26.7 Å². The maximum atomic E-state index is 9.62. The van der Waals surface area contributed by atoms with Crippen LogP contribution in [-0.4, -0.2) is 53.8 Å². The molecule has 1 saturated heterocycles. The Bertz CT molecular complexity index is 464. The third-order valence-corrected chi connectivity index (χ3v) is 3.18. The summed E-state index contributed by atoms with van der Waals surface area (Å²) in [5, 5.41) is 12.9. The highest BCUT2D eigenvalue weighted by Crippen LogP contribution is 2.11. The number of aromatic nitrogens is 1. The lowest BCUT2D eigenvalue weighted by atomic mass is 10.3. The highest BCUT2D eigenvalue weighted by Gasteiger charge is 2.22. The number of methoxy groups -OCH3 is 1. The van der Waals surface area contributed by atoms with Gasteiger partial charge in [0.15, 0.2) is 5.96 Å². The van der Waals surface area contributed by atoms with E-state index in [9.17, 15) is 5.11 Å². The Balaban J connectivity index is 2.04. The lowest BCUT2D eigenvalue weighted by molar-refractivity contribution is 0.188. The fraction of sp³-hybridized carbons (Fsp3) is 0.571. The molecule has 0 amide bonds. The van der Waals surface area contributed by atoms with Crippen LogP contribution in [-0.2, 0) is 6.54 Å². The van der Waals surface area contributed by atoms with Crippen LogP contribution in [0.2, 0.25) is 0 Å². The van der Waals surface area contributed by atoms with Crippen LogP contribution >= 0.6 is 0 Å². The summed E-state index contributed by atoms with van der Waals surface area (Å²) >= 11 is 0. The molecule has 1 aliphatic rings. The number of aliphatic hydroxyl groups is 1. The Morgan fingerprint density at radius 1 is 1.60 bits per heavy atom. The minimum Gasteiger partial charge on any atom is -0.481 e. The third-order valence-electron chi connectivity index (χ3n) is 3.18. The second-order valence-corrected chi connectivity index (χ2v) is 4.73. The Morgan fingerprint density at radius 2 is 2.45 bits per heavy atom. The van der Waals surface area contributed by atoms with Gasteiger partial charge < -0.3 is 20.1 Å². The zero-order valence-electron chi connectivity index (χ0n) is 12.0. The minimum absolute atomic E-state index is 0.256. The van der Waals surface area contributed by atoms with E-state index in [1.165, 1.54) is 0 Å². The van der Waals surface area contributed by atoms with Crippen LogP contribution in [0.15, 0.2) is 23.2 Å². The molecule has 0 radical (unpaired) electrons. The molecule has 0 saturated carbocycles. The Hall–Kier alpha value is -1.82. The highest BCUT2D eigenvalue weighted by molar-refractivity contribution is 5.80. The first-order valence-electron chi connectivity index (χ1n) is 6.94. The number of hydrogen-bond acceptors (Lipinski definition) is 4. The summed E-state index contributed by atoms with van der Waals surface area (Å²) in [6, 6.07) is 5.65. The predicted molar refractivity (Wildman–Crippen MR) is 77.8 cm³/mol. The van der Waals surface area contributed by atoms with E-state index in [1.54, 1.807) is 7.11 Å². The van der Waals surface area contributed by atoms with E-state index in [2.05, 4.69) is 20.2 Å². The maximum Gasteiger partial charge on any atom is 0.213 e. The third kappa shape index (κ3) is 3.84. The van der Waals surface area contributed by atoms with Crippen LogP contribution in [0.3, 0.4) is 0 Å². The van der Waals surface area contributed by atoms with E-state index in [4.69, 9.17) is 4.74 Å². The van der Waals surface area contributed by atoms with Crippen molar-refractivity contribution < 1.29 is 9.84 Å². The van der Waals surface area contributed by atoms with Gasteiger partial charge in [0.05, 0.1) is 25.5 Å². The summed E-state index contributed by atoms with van der Waals surface area (Å²) in [6.07, 6.45) is 0.538. The molecule has 1 aliphatic heterocycles. The molecule has 0 aliphatic carbocycles. The quantitative estimate of drug-likeness (QED) is 0.624. The van der Waals surface area contributed by atoms with E-state index < -0.39 is 0 Å². The average molecular weight is 278 g/mol. The highest BCUT2D eigenvalue weighted by atomic mass is 16.5. The van der Waals surface area contributed by atoms with Crippen molar-refractivity contribution >= 4 is 5.96 Å². The summed E-state index contributed by atoms with van der Waals surface area (Å²) in [4.78, 5) is 11.0. The molecule has 1 atom stereocenters. The molecule has 6 nitrogen and oxygen atoms in total. The molecule has 2 N–H and O–H groups in total. The van der Waals surface area contributed by atoms with Gasteiger partial charge in [0.1, 0.15) is 0 Å². The summed E-state index contributed by atoms with van der Waals surface area (Å²) in [7, 11) is 1.60. The molecule has 2 heterocycles. The fourth-order valence-electron chi connectivity index (χ4n) is 2.18. The van der Waals surface area contributed by atoms with E-state index >= 15 is 0 Å². The average Bonchev–Trinajstić information content (AvgIpc) is 2.90. The van der Waals surface area contributed by atoms with E-state index in [1.807, 2.05) is 25.1 Å². The normalized spacial score (nSPS) is 19.2. The number of nitrogens with one attached hydrogen (secondary N) is 1. The van der Waals surface area contributed by atoms with Gasteiger partial charge in [-0.2, -0.15) is 0 Å². The molecule has 0 bridgehead atoms. The molecule has 0 aromatic carbocycles. The van der Waals surface area contributed by atoms with Crippen LogP contribution in [0.4, 0.5) is 0 Å². The largest absolute Gasteiger partial charge is 0.481 e. The standard InChI is InChI=1S/C14H22N4O2/c1-3-15-14(18-8-7-12(19)10-18)16-9-11-5-4-6-13(17-11)20-2/h4-6,12,19H,3,7-10H2,1-2H3,(H,15,16)/t12-/m1/s1. The van der Waals surface area contributed by atoms with Crippen molar-refractivity contribution in [3.63, 3.8) is 0 Å². The SMILES string of the molecule is CCNC(=NCc1cccc(OC)n1)N1CC[C@@H](O)C1. The van der Waals surface area contributed by atoms with Gasteiger partial charge in [-0.15, -0.1) is 0 Å². The maximum absolute atomic E-state index is 9.62. The molecule has 0 unspecified atom stereocenters. The van der Waals surface area contributed by atoms with Crippen molar-refractivity contribution in [1.82, 2.24) is 15.2 Å². The molecule has 110 valence electrons. The van der Waals surface area contributed by atoms with Crippen LogP contribution in [0.1, 0.15) is 19.0 Å². The minimum atomic E-state index is -0.256. The molecule has 0 spiro atoms. The zero-order chi connectivity index (χ0) is 14.4. The molecule has 1 aromatic heterocycles. The molecule has 6 heteroatoms. The topological polar surface area (TPSA) is 70.0 Å². The number of pyridine rings is 1. The molecule has 2 rings (SSSR count). The Labute approximate surface area is 119 Å². The summed E-state index contributed by atoms with van der Waals surface area (Å²) in [5.41, 5.74) is 0.861. The van der Waals surface area contributed by atoms with Gasteiger partial charge in [0.25, 0.3) is 0 Å². The second kappa shape index (κ2) is 7.09. The van der Waals surface area contributed by atoms with Gasteiger partial charge in [-0.05, 0) is 19.4 Å². The predicted octanol–water partition coefficient (Wildman–Crippen LogP) is 0.622. The fourth-order valence-corrected chi connectivity index (χ4v) is 2.18. The van der Waals surface area contributed by atoms with Crippen molar-refractivity contribution in [2.45, 2.75) is 26.0 Å². The first-order chi connectivity index (χ1) is 9.72. The van der Waals surface area contributed by atoms with E-state index in [0.717, 1.165) is 31.2 Å². The van der Waals surface area contributed by atoms with Gasteiger partial charge in [0.2, 0.25) is 5.88 Å². The first-order valence-corrected chi connectivity index (χ1v) is 6.94. The summed E-state index contributed by atoms with van der Waals surface area (Å²) < 4.78 is 5.10. The van der Waals surface area contributed by atoms with E-state index in [0.29, 0.717) is 19.0 Å². The van der Waals surface area contributed by atoms with Crippen LogP contribution in [0, 0.1) is 0 Å². The van der Waals surface area contributed by atoms with Crippen LogP contribution in [0.5, 0.6) is 5.88 Å². The van der Waals surface area contributed by atoms with Gasteiger partial charge in [-0.1, -0.05) is 6.07 Å². The van der Waals surface area contributed by atoms with Gasteiger partial charge in [-0.25, -0.2) is 9.98 Å². The number of hydrogen-bond donors (Lipinski definition) is 2. The Morgan fingerprint density at radius 3 is 3.10 bits per heavy atom. The van der Waals surface area contributed by atoms with Crippen molar-refractivity contribution in [1.29, 1.82) is 0 Å². The summed E-state index contributed by atoms with van der Waals surface area (Å²) in [5.74, 6) is 1.42. The first kappa shape index (κ1) is 14.6. The number of β-amino-alcohol motifs (C(OH)–C–C–N with tert-alkyl or cyclic N) is 1. The van der Waals surface area contributed by atoms with Gasteiger partial charge in [0, 0.05) is 25.7 Å². The Kier molecular flexibility index (Phi) is 5.17. The number of rotatable bonds is 4. The van der Waals surface area contributed by atoms with Crippen molar-refractivity contribution in [3.05, 3.63) is 23.9 Å². The molecule has 20 heavy (non-hydrogen) atoms. The number of nitrogens with zero attached hydrogens (tertiary/aromatic N) is 3. The zero-order valence-corrected chi connectivity index (χ0v) is 12.0. The monoisotopic (exact) mass is 278 g/mol. The van der Waals surface area contributed by atoms with Gasteiger partial charge in [-0.3, -0.25) is 0 Å². The molecule has 1 fully saturated rings. The summed E-state index contributed by atoms with van der Waals surface area (Å²) in [6.45, 7) is 4.80. The number of aliphatic imine (C=N–C) groups is 1. The van der Waals surface area contributed by atoms with E-state index in [-0.39, 0.29) is 6.10 Å². The molecule has 1 aromatic rings. The van der Waals surface area contributed by atoms with Crippen LogP contribution in [0.25, 0.3) is 0 Å². The van der Waals surface area contributed by atoms with Crippen LogP contribution < -0.4 is 10.1 Å². The molecular weight excluding hydrogens is 256 g/mol. The van der Waals surface area contributed by atoms with Crippen molar-refractivity contribution in [3.8, 4) is 5.88 Å². The van der Waals surface area contributed by atoms with Gasteiger partial charge >= 0.3 is 0 Å². The number of guanidine groups is 1. The lowest BCUT2D eigenvalue weighted by Gasteiger charge is -2.20. The smallest absolute Gasteiger partial charge is 0.213 e. The lowest BCUT2D eigenvalue weighted by Crippen LogP contribution is -2.40. The number of aliphatic hydroxyl groups excluding tert-OH is 1. The number of likely N-dealkylation sites (tertiary alicyclic amines) is 1. The molecular formula is C14H22N4O2. The number of ether oxygens (including phenoxy) is 1. The second-order valence-electron chi connectivity index (χ2n) is 4.73.